The van der Waals surface area contributed by atoms with Crippen molar-refractivity contribution >= 4 is 56.8 Å². The Kier molecular flexibility index (Phi) is 18.5. The van der Waals surface area contributed by atoms with Crippen molar-refractivity contribution < 1.29 is 46.9 Å². The van der Waals surface area contributed by atoms with E-state index in [1.165, 1.54) is 36.4 Å². The fraction of sp³-hybridized carbons (Fsp3) is 0.371. The quantitative estimate of drug-likeness (QED) is 0.0630. The molecule has 0 saturated heterocycles. The standard InChI is InChI=1S/C35H48N8O10S/c1-2-14-37-33(46)41-28-6-4-8-30(23-28)54(49,50)43-29-7-3-5-25(22-29)31(24-32(44)45)42-35(48)40-27-11-9-26(10-12-27)39-34(47)38-15-17-52-19-21-53-20-18-51-16-13-36/h3-12,22-23,31,43H,2,13-21,24,36H2,1H3,(H,44,45)(H2,37,41,46)(H2,38,39,47)(H2,40,42,48)/t31-/m1/s1. The zero-order valence-electron chi connectivity index (χ0n) is 29.9. The number of aliphatic carboxylic acids is 1. The molecule has 0 radical (unpaired) electrons. The van der Waals surface area contributed by atoms with E-state index >= 15 is 0 Å². The van der Waals surface area contributed by atoms with Gasteiger partial charge in [0.15, 0.2) is 0 Å². The zero-order chi connectivity index (χ0) is 39.2. The number of ether oxygens (including phenoxy) is 3. The number of benzene rings is 3. The van der Waals surface area contributed by atoms with Crippen LogP contribution in [0.25, 0.3) is 0 Å². The summed E-state index contributed by atoms with van der Waals surface area (Å²) < 4.78 is 44.8. The van der Waals surface area contributed by atoms with Crippen LogP contribution in [0, 0.1) is 0 Å². The smallest absolute Gasteiger partial charge is 0.319 e. The zero-order valence-corrected chi connectivity index (χ0v) is 30.7. The number of nitrogens with one attached hydrogen (secondary N) is 7. The van der Waals surface area contributed by atoms with Gasteiger partial charge in [-0.05, 0) is 66.6 Å². The van der Waals surface area contributed by atoms with Crippen molar-refractivity contribution in [1.29, 1.82) is 0 Å². The predicted molar refractivity (Wildman–Crippen MR) is 203 cm³/mol. The maximum Gasteiger partial charge on any atom is 0.319 e. The molecule has 0 bridgehead atoms. The van der Waals surface area contributed by atoms with E-state index in [2.05, 4.69) is 36.6 Å². The summed E-state index contributed by atoms with van der Waals surface area (Å²) in [5.74, 6) is -1.20. The van der Waals surface area contributed by atoms with Crippen molar-refractivity contribution in [1.82, 2.24) is 16.0 Å². The Morgan fingerprint density at radius 1 is 0.685 bits per heavy atom. The number of anilines is 4. The minimum atomic E-state index is -4.13. The molecule has 0 unspecified atom stereocenters. The molecule has 19 heteroatoms. The number of carboxylic acid groups (broad SMARTS) is 1. The van der Waals surface area contributed by atoms with Gasteiger partial charge >= 0.3 is 24.1 Å². The highest BCUT2D eigenvalue weighted by Crippen LogP contribution is 2.24. The highest BCUT2D eigenvalue weighted by molar-refractivity contribution is 7.92. The molecule has 3 aromatic carbocycles. The van der Waals surface area contributed by atoms with Gasteiger partial charge < -0.3 is 57.0 Å². The summed E-state index contributed by atoms with van der Waals surface area (Å²) in [5, 5.41) is 25.4. The molecule has 0 aliphatic heterocycles. The SMILES string of the molecule is CCCNC(=O)Nc1cccc(S(=O)(=O)Nc2cccc([C@@H](CC(=O)O)NC(=O)Nc3ccc(NC(=O)NCCOCCOCCOCCN)cc3)c2)c1. The van der Waals surface area contributed by atoms with Crippen LogP contribution in [-0.4, -0.2) is 96.9 Å². The normalized spacial score (nSPS) is 11.5. The average molecular weight is 773 g/mol. The molecule has 1 atom stereocenters. The lowest BCUT2D eigenvalue weighted by Gasteiger charge is -2.19. The summed E-state index contributed by atoms with van der Waals surface area (Å²) in [5.41, 5.74) is 6.85. The highest BCUT2D eigenvalue weighted by atomic mass is 32.2. The molecule has 0 fully saturated rings. The Morgan fingerprint density at radius 2 is 1.24 bits per heavy atom. The van der Waals surface area contributed by atoms with Crippen LogP contribution in [0.3, 0.4) is 0 Å². The molecule has 18 nitrogen and oxygen atoms in total. The molecule has 0 aliphatic carbocycles. The summed E-state index contributed by atoms with van der Waals surface area (Å²) in [7, 11) is -4.13. The van der Waals surface area contributed by atoms with Gasteiger partial charge in [0.1, 0.15) is 0 Å². The third-order valence-electron chi connectivity index (χ3n) is 7.10. The Balaban J connectivity index is 1.50. The van der Waals surface area contributed by atoms with Crippen molar-refractivity contribution in [2.75, 3.05) is 79.9 Å². The van der Waals surface area contributed by atoms with Crippen molar-refractivity contribution in [3.8, 4) is 0 Å². The van der Waals surface area contributed by atoms with Crippen LogP contribution in [0.1, 0.15) is 31.4 Å². The monoisotopic (exact) mass is 772 g/mol. The first-order valence-electron chi connectivity index (χ1n) is 17.1. The van der Waals surface area contributed by atoms with Gasteiger partial charge in [0, 0.05) is 42.4 Å². The Morgan fingerprint density at radius 3 is 1.87 bits per heavy atom. The second-order valence-electron chi connectivity index (χ2n) is 11.5. The minimum absolute atomic E-state index is 0.119. The number of amides is 6. The summed E-state index contributed by atoms with van der Waals surface area (Å²) in [6.45, 7) is 5.52. The molecule has 3 aromatic rings. The maximum atomic E-state index is 13.2. The van der Waals surface area contributed by atoms with Crippen molar-refractivity contribution in [3.63, 3.8) is 0 Å². The van der Waals surface area contributed by atoms with Crippen LogP contribution in [0.15, 0.2) is 77.7 Å². The Labute approximate surface area is 313 Å². The van der Waals surface area contributed by atoms with E-state index in [1.54, 1.807) is 36.4 Å². The number of hydrogen-bond acceptors (Lipinski definition) is 10. The Bertz CT molecular complexity index is 1760. The summed E-state index contributed by atoms with van der Waals surface area (Å²) in [6.07, 6.45) is 0.233. The van der Waals surface area contributed by atoms with Gasteiger partial charge in [-0.3, -0.25) is 9.52 Å². The van der Waals surface area contributed by atoms with Crippen molar-refractivity contribution in [2.45, 2.75) is 30.7 Å². The van der Waals surface area contributed by atoms with E-state index in [0.717, 1.165) is 6.42 Å². The first kappa shape index (κ1) is 42.9. The summed E-state index contributed by atoms with van der Waals surface area (Å²) in [6, 6.07) is 15.2. The number of hydrogen-bond donors (Lipinski definition) is 9. The van der Waals surface area contributed by atoms with E-state index in [-0.39, 0.29) is 29.4 Å². The van der Waals surface area contributed by atoms with Crippen molar-refractivity contribution in [2.24, 2.45) is 5.73 Å². The van der Waals surface area contributed by atoms with E-state index in [0.29, 0.717) is 63.1 Å². The fourth-order valence-corrected chi connectivity index (χ4v) is 5.71. The van der Waals surface area contributed by atoms with Gasteiger partial charge in [-0.25, -0.2) is 22.8 Å². The molecule has 0 spiro atoms. The number of carboxylic acids is 1. The van der Waals surface area contributed by atoms with Crippen LogP contribution in [0.4, 0.5) is 37.1 Å². The maximum absolute atomic E-state index is 13.2. The fourth-order valence-electron chi connectivity index (χ4n) is 4.61. The van der Waals surface area contributed by atoms with E-state index in [4.69, 9.17) is 19.9 Å². The largest absolute Gasteiger partial charge is 0.481 e. The lowest BCUT2D eigenvalue weighted by atomic mass is 10.0. The topological polar surface area (TPSA) is 261 Å². The van der Waals surface area contributed by atoms with Crippen LogP contribution >= 0.6 is 0 Å². The average Bonchev–Trinajstić information content (AvgIpc) is 3.13. The highest BCUT2D eigenvalue weighted by Gasteiger charge is 2.21. The van der Waals surface area contributed by atoms with E-state index < -0.39 is 46.5 Å². The molecule has 0 saturated carbocycles. The number of sulfonamides is 1. The lowest BCUT2D eigenvalue weighted by molar-refractivity contribution is -0.137. The number of carbonyl (C=O) groups excluding carboxylic acids is 3. The van der Waals surface area contributed by atoms with Crippen LogP contribution in [0.5, 0.6) is 0 Å². The Hall–Kier alpha value is -5.47. The van der Waals surface area contributed by atoms with Crippen LogP contribution in [0.2, 0.25) is 0 Å². The second kappa shape index (κ2) is 23.2. The molecule has 0 aliphatic rings. The van der Waals surface area contributed by atoms with Crippen molar-refractivity contribution in [3.05, 3.63) is 78.4 Å². The predicted octanol–water partition coefficient (Wildman–Crippen LogP) is 3.49. The molecule has 294 valence electrons. The molecule has 10 N–H and O–H groups in total. The van der Waals surface area contributed by atoms with Gasteiger partial charge in [0.25, 0.3) is 10.0 Å². The second-order valence-corrected chi connectivity index (χ2v) is 13.2. The molecule has 0 aromatic heterocycles. The third kappa shape index (κ3) is 16.5. The molecule has 0 heterocycles. The molecular formula is C35H48N8O10S. The first-order valence-corrected chi connectivity index (χ1v) is 18.6. The van der Waals surface area contributed by atoms with Crippen LogP contribution < -0.4 is 42.4 Å². The first-order chi connectivity index (χ1) is 26.0. The minimum Gasteiger partial charge on any atom is -0.481 e. The van der Waals surface area contributed by atoms with Crippen LogP contribution in [-0.2, 0) is 29.0 Å². The molecular weight excluding hydrogens is 724 g/mol. The lowest BCUT2D eigenvalue weighted by Crippen LogP contribution is -2.34. The number of carbonyl (C=O) groups is 4. The third-order valence-corrected chi connectivity index (χ3v) is 8.48. The van der Waals surface area contributed by atoms with E-state index in [9.17, 15) is 32.7 Å². The number of urea groups is 3. The summed E-state index contributed by atoms with van der Waals surface area (Å²) in [4.78, 5) is 48.8. The molecule has 6 amide bonds. The molecule has 3 rings (SSSR count). The van der Waals surface area contributed by atoms with Gasteiger partial charge in [0.2, 0.25) is 0 Å². The number of rotatable bonds is 23. The molecule has 54 heavy (non-hydrogen) atoms. The van der Waals surface area contributed by atoms with Gasteiger partial charge in [0.05, 0.1) is 57.0 Å². The van der Waals surface area contributed by atoms with Gasteiger partial charge in [-0.1, -0.05) is 25.1 Å². The summed E-state index contributed by atoms with van der Waals surface area (Å²) >= 11 is 0. The number of nitrogens with two attached hydrogens (primary N) is 1. The van der Waals surface area contributed by atoms with E-state index in [1.807, 2.05) is 6.92 Å². The van der Waals surface area contributed by atoms with Gasteiger partial charge in [-0.2, -0.15) is 0 Å². The van der Waals surface area contributed by atoms with Gasteiger partial charge in [-0.15, -0.1) is 0 Å².